The van der Waals surface area contributed by atoms with Crippen molar-refractivity contribution in [1.29, 1.82) is 0 Å². The number of Topliss-reactive ketones (excluding diaryl/α,β-unsaturated/α-hetero) is 1. The third-order valence-electron chi connectivity index (χ3n) is 2.72. The average Bonchev–Trinajstić information content (AvgIpc) is 2.63. The minimum atomic E-state index is -0.448. The van der Waals surface area contributed by atoms with Crippen LogP contribution in [0.15, 0.2) is 29.8 Å². The standard InChI is InChI=1S/C13H12O4/c1-16-11(14)7-10-12(15)8-5-3-4-6-9(8)13(10)17-2/h3-6H,7H2,1-2H3. The molecular weight excluding hydrogens is 220 g/mol. The number of ether oxygens (including phenoxy) is 2. The highest BCUT2D eigenvalue weighted by Gasteiger charge is 2.31. The highest BCUT2D eigenvalue weighted by atomic mass is 16.5. The number of hydrogen-bond acceptors (Lipinski definition) is 4. The third-order valence-corrected chi connectivity index (χ3v) is 2.72. The topological polar surface area (TPSA) is 52.6 Å². The summed E-state index contributed by atoms with van der Waals surface area (Å²) in [6, 6.07) is 7.13. The van der Waals surface area contributed by atoms with Crippen molar-refractivity contribution in [3.63, 3.8) is 0 Å². The molecule has 0 spiro atoms. The number of fused-ring (bicyclic) bond motifs is 1. The first-order valence-corrected chi connectivity index (χ1v) is 5.17. The first-order chi connectivity index (χ1) is 8.19. The van der Waals surface area contributed by atoms with E-state index in [0.29, 0.717) is 16.9 Å². The van der Waals surface area contributed by atoms with Crippen LogP contribution in [0.5, 0.6) is 0 Å². The molecule has 0 aromatic heterocycles. The highest BCUT2D eigenvalue weighted by molar-refractivity contribution is 6.21. The number of benzene rings is 1. The molecule has 0 unspecified atom stereocenters. The maximum atomic E-state index is 12.1. The smallest absolute Gasteiger partial charge is 0.310 e. The molecule has 1 aliphatic carbocycles. The summed E-state index contributed by atoms with van der Waals surface area (Å²) < 4.78 is 9.79. The van der Waals surface area contributed by atoms with Gasteiger partial charge in [-0.15, -0.1) is 0 Å². The molecule has 0 radical (unpaired) electrons. The van der Waals surface area contributed by atoms with Crippen molar-refractivity contribution in [1.82, 2.24) is 0 Å². The van der Waals surface area contributed by atoms with Crippen molar-refractivity contribution >= 4 is 17.5 Å². The predicted molar refractivity (Wildman–Crippen MR) is 61.3 cm³/mol. The van der Waals surface area contributed by atoms with Crippen molar-refractivity contribution in [3.05, 3.63) is 41.0 Å². The van der Waals surface area contributed by atoms with Crippen LogP contribution in [0.25, 0.3) is 5.76 Å². The van der Waals surface area contributed by atoms with Gasteiger partial charge >= 0.3 is 5.97 Å². The van der Waals surface area contributed by atoms with Gasteiger partial charge in [-0.1, -0.05) is 24.3 Å². The summed E-state index contributed by atoms with van der Waals surface area (Å²) in [4.78, 5) is 23.3. The van der Waals surface area contributed by atoms with E-state index in [2.05, 4.69) is 4.74 Å². The van der Waals surface area contributed by atoms with E-state index in [-0.39, 0.29) is 12.2 Å². The molecular formula is C13H12O4. The molecule has 0 atom stereocenters. The first-order valence-electron chi connectivity index (χ1n) is 5.17. The van der Waals surface area contributed by atoms with E-state index in [1.807, 2.05) is 6.07 Å². The Kier molecular flexibility index (Phi) is 2.95. The minimum Gasteiger partial charge on any atom is -0.496 e. The van der Waals surface area contributed by atoms with Crippen molar-refractivity contribution in [2.75, 3.05) is 14.2 Å². The Hall–Kier alpha value is -2.10. The van der Waals surface area contributed by atoms with Gasteiger partial charge in [0.25, 0.3) is 0 Å². The molecule has 0 bridgehead atoms. The second-order valence-electron chi connectivity index (χ2n) is 3.64. The lowest BCUT2D eigenvalue weighted by Gasteiger charge is -2.04. The Morgan fingerprint density at radius 2 is 1.82 bits per heavy atom. The van der Waals surface area contributed by atoms with E-state index < -0.39 is 5.97 Å². The maximum absolute atomic E-state index is 12.1. The van der Waals surface area contributed by atoms with Gasteiger partial charge in [0, 0.05) is 11.1 Å². The molecule has 4 nitrogen and oxygen atoms in total. The fourth-order valence-corrected chi connectivity index (χ4v) is 1.92. The molecule has 0 saturated carbocycles. The number of methoxy groups -OCH3 is 2. The van der Waals surface area contributed by atoms with Crippen molar-refractivity contribution in [2.45, 2.75) is 6.42 Å². The Balaban J connectivity index is 2.45. The lowest BCUT2D eigenvalue weighted by Crippen LogP contribution is -2.07. The number of carbonyl (C=O) groups excluding carboxylic acids is 2. The van der Waals surface area contributed by atoms with Crippen LogP contribution >= 0.6 is 0 Å². The molecule has 1 aliphatic rings. The van der Waals surface area contributed by atoms with E-state index in [0.717, 1.165) is 5.56 Å². The normalized spacial score (nSPS) is 13.6. The molecule has 0 fully saturated rings. The van der Waals surface area contributed by atoms with Crippen LogP contribution in [0.3, 0.4) is 0 Å². The van der Waals surface area contributed by atoms with E-state index in [1.54, 1.807) is 18.2 Å². The number of esters is 1. The second kappa shape index (κ2) is 4.41. The summed E-state index contributed by atoms with van der Waals surface area (Å²) in [5.74, 6) is -0.144. The van der Waals surface area contributed by atoms with Gasteiger partial charge < -0.3 is 9.47 Å². The zero-order valence-corrected chi connectivity index (χ0v) is 9.65. The number of ketones is 1. The predicted octanol–water partition coefficient (Wildman–Crippen LogP) is 1.80. The Labute approximate surface area is 98.8 Å². The van der Waals surface area contributed by atoms with E-state index >= 15 is 0 Å². The molecule has 1 aromatic carbocycles. The zero-order chi connectivity index (χ0) is 12.4. The molecule has 0 N–H and O–H groups in total. The Bertz CT molecular complexity index is 514. The highest BCUT2D eigenvalue weighted by Crippen LogP contribution is 2.34. The van der Waals surface area contributed by atoms with Crippen LogP contribution in [-0.2, 0) is 14.3 Å². The molecule has 0 heterocycles. The van der Waals surface area contributed by atoms with E-state index in [4.69, 9.17) is 4.74 Å². The molecule has 0 saturated heterocycles. The third kappa shape index (κ3) is 1.82. The molecule has 2 rings (SSSR count). The second-order valence-corrected chi connectivity index (χ2v) is 3.64. The van der Waals surface area contributed by atoms with Crippen molar-refractivity contribution in [2.24, 2.45) is 0 Å². The SMILES string of the molecule is COC(=O)CC1=C(OC)c2ccccc2C1=O. The summed E-state index contributed by atoms with van der Waals surface area (Å²) in [6.45, 7) is 0. The van der Waals surface area contributed by atoms with Gasteiger partial charge in [-0.3, -0.25) is 9.59 Å². The van der Waals surface area contributed by atoms with Crippen LogP contribution in [0, 0.1) is 0 Å². The lowest BCUT2D eigenvalue weighted by atomic mass is 10.1. The van der Waals surface area contributed by atoms with Gasteiger partial charge in [0.1, 0.15) is 5.76 Å². The first kappa shape index (κ1) is 11.4. The molecule has 4 heteroatoms. The van der Waals surface area contributed by atoms with Crippen LogP contribution in [0.2, 0.25) is 0 Å². The minimum absolute atomic E-state index is 0.0623. The molecule has 17 heavy (non-hydrogen) atoms. The Morgan fingerprint density at radius 1 is 1.18 bits per heavy atom. The summed E-state index contributed by atoms with van der Waals surface area (Å²) >= 11 is 0. The van der Waals surface area contributed by atoms with Gasteiger partial charge in [0.2, 0.25) is 0 Å². The fraction of sp³-hybridized carbons (Fsp3) is 0.231. The molecule has 0 aliphatic heterocycles. The van der Waals surface area contributed by atoms with Crippen LogP contribution in [0.4, 0.5) is 0 Å². The van der Waals surface area contributed by atoms with Gasteiger partial charge in [0.05, 0.1) is 26.2 Å². The Morgan fingerprint density at radius 3 is 2.41 bits per heavy atom. The van der Waals surface area contributed by atoms with Gasteiger partial charge in [-0.05, 0) is 0 Å². The maximum Gasteiger partial charge on any atom is 0.310 e. The molecule has 0 amide bonds. The van der Waals surface area contributed by atoms with Gasteiger partial charge in [-0.25, -0.2) is 0 Å². The monoisotopic (exact) mass is 232 g/mol. The number of hydrogen-bond donors (Lipinski definition) is 0. The van der Waals surface area contributed by atoms with Gasteiger partial charge in [-0.2, -0.15) is 0 Å². The van der Waals surface area contributed by atoms with E-state index in [1.165, 1.54) is 14.2 Å². The average molecular weight is 232 g/mol. The zero-order valence-electron chi connectivity index (χ0n) is 9.65. The van der Waals surface area contributed by atoms with Crippen molar-refractivity contribution < 1.29 is 19.1 Å². The summed E-state index contributed by atoms with van der Waals surface area (Å²) in [7, 11) is 2.78. The molecule has 1 aromatic rings. The van der Waals surface area contributed by atoms with E-state index in [9.17, 15) is 9.59 Å². The summed E-state index contributed by atoms with van der Waals surface area (Å²) in [5, 5.41) is 0. The van der Waals surface area contributed by atoms with Crippen LogP contribution < -0.4 is 0 Å². The summed E-state index contributed by atoms with van der Waals surface area (Å²) in [5.41, 5.74) is 1.67. The lowest BCUT2D eigenvalue weighted by molar-refractivity contribution is -0.139. The summed E-state index contributed by atoms with van der Waals surface area (Å²) in [6.07, 6.45) is -0.0623. The van der Waals surface area contributed by atoms with Gasteiger partial charge in [0.15, 0.2) is 5.78 Å². The number of carbonyl (C=O) groups is 2. The van der Waals surface area contributed by atoms with Crippen LogP contribution in [-0.4, -0.2) is 26.0 Å². The number of rotatable bonds is 3. The largest absolute Gasteiger partial charge is 0.496 e. The fourth-order valence-electron chi connectivity index (χ4n) is 1.92. The van der Waals surface area contributed by atoms with Crippen molar-refractivity contribution in [3.8, 4) is 0 Å². The molecule has 88 valence electrons. The quantitative estimate of drug-likeness (QED) is 0.746. The van der Waals surface area contributed by atoms with Crippen LogP contribution in [0.1, 0.15) is 22.3 Å².